The van der Waals surface area contributed by atoms with E-state index < -0.39 is 5.97 Å². The van der Waals surface area contributed by atoms with E-state index >= 15 is 0 Å². The Kier molecular flexibility index (Phi) is 2.97. The Labute approximate surface area is 79.9 Å². The monoisotopic (exact) mass is 201 g/mol. The van der Waals surface area contributed by atoms with Crippen molar-refractivity contribution in [1.82, 2.24) is 0 Å². The Bertz CT molecular complexity index is 327. The van der Waals surface area contributed by atoms with E-state index in [1.807, 2.05) is 0 Å². The van der Waals surface area contributed by atoms with Gasteiger partial charge in [-0.25, -0.2) is 4.79 Å². The van der Waals surface area contributed by atoms with Gasteiger partial charge in [0.05, 0.1) is 5.56 Å². The second-order valence-corrected chi connectivity index (χ2v) is 2.53. The molecule has 0 aliphatic rings. The molecule has 0 unspecified atom stereocenters. The first-order valence-electron chi connectivity index (χ1n) is 3.46. The summed E-state index contributed by atoms with van der Waals surface area (Å²) < 4.78 is 4.90. The SMILES string of the molecule is Nc1ccc(OCCl)cc1C(=O)O. The van der Waals surface area contributed by atoms with Crippen molar-refractivity contribution in [3.8, 4) is 5.75 Å². The highest BCUT2D eigenvalue weighted by atomic mass is 35.5. The summed E-state index contributed by atoms with van der Waals surface area (Å²) in [5, 5.41) is 8.69. The van der Waals surface area contributed by atoms with Gasteiger partial charge in [0, 0.05) is 5.69 Å². The van der Waals surface area contributed by atoms with E-state index in [2.05, 4.69) is 0 Å². The minimum Gasteiger partial charge on any atom is -0.478 e. The molecule has 0 bridgehead atoms. The molecule has 0 amide bonds. The van der Waals surface area contributed by atoms with Crippen LogP contribution >= 0.6 is 11.6 Å². The lowest BCUT2D eigenvalue weighted by molar-refractivity contribution is 0.0697. The van der Waals surface area contributed by atoms with Crippen molar-refractivity contribution in [2.75, 3.05) is 11.8 Å². The Hall–Kier alpha value is -1.42. The first kappa shape index (κ1) is 9.67. The van der Waals surface area contributed by atoms with E-state index in [1.54, 1.807) is 6.07 Å². The molecule has 13 heavy (non-hydrogen) atoms. The molecule has 0 fully saturated rings. The zero-order valence-electron chi connectivity index (χ0n) is 6.66. The van der Waals surface area contributed by atoms with Crippen LogP contribution in [0.15, 0.2) is 18.2 Å². The number of nitrogens with two attached hydrogens (primary N) is 1. The van der Waals surface area contributed by atoms with Crippen molar-refractivity contribution in [3.05, 3.63) is 23.8 Å². The van der Waals surface area contributed by atoms with E-state index in [4.69, 9.17) is 27.2 Å². The fourth-order valence-electron chi connectivity index (χ4n) is 0.873. The average molecular weight is 202 g/mol. The third-order valence-electron chi connectivity index (χ3n) is 1.48. The molecule has 1 aromatic rings. The molecule has 0 aliphatic heterocycles. The van der Waals surface area contributed by atoms with Gasteiger partial charge >= 0.3 is 5.97 Å². The van der Waals surface area contributed by atoms with Gasteiger partial charge in [-0.15, -0.1) is 0 Å². The molecular formula is C8H8ClNO3. The number of halogens is 1. The Morgan fingerprint density at radius 3 is 2.85 bits per heavy atom. The molecule has 0 saturated heterocycles. The van der Waals surface area contributed by atoms with Crippen LogP contribution in [0, 0.1) is 0 Å². The van der Waals surface area contributed by atoms with Crippen LogP contribution in [0.1, 0.15) is 10.4 Å². The van der Waals surface area contributed by atoms with Gasteiger partial charge in [-0.2, -0.15) is 0 Å². The third-order valence-corrected chi connectivity index (χ3v) is 1.59. The molecule has 4 nitrogen and oxygen atoms in total. The van der Waals surface area contributed by atoms with Crippen LogP contribution in [0.25, 0.3) is 0 Å². The number of hydrogen-bond donors (Lipinski definition) is 2. The summed E-state index contributed by atoms with van der Waals surface area (Å²) in [5.41, 5.74) is 5.64. The summed E-state index contributed by atoms with van der Waals surface area (Å²) in [5.74, 6) is -0.695. The van der Waals surface area contributed by atoms with Crippen LogP contribution in [-0.4, -0.2) is 17.1 Å². The number of ether oxygens (including phenoxy) is 1. The van der Waals surface area contributed by atoms with Gasteiger partial charge in [0.2, 0.25) is 0 Å². The normalized spacial score (nSPS) is 9.62. The first-order chi connectivity index (χ1) is 6.15. The van der Waals surface area contributed by atoms with E-state index in [1.165, 1.54) is 12.1 Å². The van der Waals surface area contributed by atoms with Gasteiger partial charge < -0.3 is 15.6 Å². The lowest BCUT2D eigenvalue weighted by Gasteiger charge is -2.04. The number of anilines is 1. The van der Waals surface area contributed by atoms with Crippen LogP contribution in [0.4, 0.5) is 5.69 Å². The van der Waals surface area contributed by atoms with Crippen molar-refractivity contribution in [2.45, 2.75) is 0 Å². The highest BCUT2D eigenvalue weighted by Gasteiger charge is 2.08. The van der Waals surface area contributed by atoms with Crippen molar-refractivity contribution < 1.29 is 14.6 Å². The molecule has 1 rings (SSSR count). The molecule has 0 aliphatic carbocycles. The Morgan fingerprint density at radius 2 is 2.31 bits per heavy atom. The maximum absolute atomic E-state index is 10.6. The lowest BCUT2D eigenvalue weighted by atomic mass is 10.2. The molecule has 70 valence electrons. The first-order valence-corrected chi connectivity index (χ1v) is 4.00. The number of carboxylic acids is 1. The summed E-state index contributed by atoms with van der Waals surface area (Å²) in [6.07, 6.45) is 0. The lowest BCUT2D eigenvalue weighted by Crippen LogP contribution is -2.02. The quantitative estimate of drug-likeness (QED) is 0.575. The number of hydrogen-bond acceptors (Lipinski definition) is 3. The van der Waals surface area contributed by atoms with E-state index in [9.17, 15) is 4.79 Å². The van der Waals surface area contributed by atoms with Gasteiger partial charge in [-0.3, -0.25) is 0 Å². The summed E-state index contributed by atoms with van der Waals surface area (Å²) in [6.45, 7) is 0. The van der Waals surface area contributed by atoms with Gasteiger partial charge in [0.15, 0.2) is 6.07 Å². The third kappa shape index (κ3) is 2.26. The number of nitrogen functional groups attached to an aromatic ring is 1. The molecule has 0 saturated carbocycles. The number of rotatable bonds is 3. The smallest absolute Gasteiger partial charge is 0.337 e. The standard InChI is InChI=1S/C8H8ClNO3/c9-4-13-5-1-2-7(10)6(3-5)8(11)12/h1-3H,4,10H2,(H,11,12). The summed E-state index contributed by atoms with van der Waals surface area (Å²) in [7, 11) is 0. The summed E-state index contributed by atoms with van der Waals surface area (Å²) >= 11 is 5.31. The van der Waals surface area contributed by atoms with Crippen LogP contribution in [0.3, 0.4) is 0 Å². The second-order valence-electron chi connectivity index (χ2n) is 2.31. The molecule has 3 N–H and O–H groups in total. The highest BCUT2D eigenvalue weighted by Crippen LogP contribution is 2.19. The minimum absolute atomic E-state index is 0.0163. The van der Waals surface area contributed by atoms with Crippen LogP contribution in [0.2, 0.25) is 0 Å². The second kappa shape index (κ2) is 4.00. The molecule has 0 heterocycles. The van der Waals surface area contributed by atoms with Crippen molar-refractivity contribution in [3.63, 3.8) is 0 Å². The molecule has 0 radical (unpaired) electrons. The number of aromatic carboxylic acids is 1. The number of benzene rings is 1. The molecule has 0 atom stereocenters. The van der Waals surface area contributed by atoms with Crippen LogP contribution in [-0.2, 0) is 0 Å². The number of alkyl halides is 1. The van der Waals surface area contributed by atoms with Gasteiger partial charge in [0.25, 0.3) is 0 Å². The van der Waals surface area contributed by atoms with Crippen molar-refractivity contribution in [2.24, 2.45) is 0 Å². The van der Waals surface area contributed by atoms with Crippen LogP contribution in [0.5, 0.6) is 5.75 Å². The molecular weight excluding hydrogens is 194 g/mol. The van der Waals surface area contributed by atoms with Crippen LogP contribution < -0.4 is 10.5 Å². The summed E-state index contributed by atoms with van der Waals surface area (Å²) in [6, 6.07) is 4.33. The predicted molar refractivity (Wildman–Crippen MR) is 49.2 cm³/mol. The fraction of sp³-hybridized carbons (Fsp3) is 0.125. The zero-order valence-corrected chi connectivity index (χ0v) is 7.41. The van der Waals surface area contributed by atoms with Gasteiger partial charge in [-0.05, 0) is 18.2 Å². The fourth-order valence-corrected chi connectivity index (χ4v) is 0.999. The highest BCUT2D eigenvalue weighted by molar-refractivity contribution is 6.17. The maximum atomic E-state index is 10.6. The largest absolute Gasteiger partial charge is 0.478 e. The zero-order chi connectivity index (χ0) is 9.84. The van der Waals surface area contributed by atoms with Gasteiger partial charge in [-0.1, -0.05) is 11.6 Å². The Morgan fingerprint density at radius 1 is 1.62 bits per heavy atom. The van der Waals surface area contributed by atoms with Crippen molar-refractivity contribution >= 4 is 23.3 Å². The van der Waals surface area contributed by atoms with Crippen molar-refractivity contribution in [1.29, 1.82) is 0 Å². The Balaban J connectivity index is 3.04. The van der Waals surface area contributed by atoms with E-state index in [0.29, 0.717) is 5.75 Å². The predicted octanol–water partition coefficient (Wildman–Crippen LogP) is 1.54. The number of carbonyl (C=O) groups is 1. The molecule has 1 aromatic carbocycles. The number of carboxylic acid groups (broad SMARTS) is 1. The average Bonchev–Trinajstić information content (AvgIpc) is 2.08. The summed E-state index contributed by atoms with van der Waals surface area (Å²) in [4.78, 5) is 10.6. The van der Waals surface area contributed by atoms with E-state index in [0.717, 1.165) is 0 Å². The molecule has 0 spiro atoms. The molecule has 0 aromatic heterocycles. The molecule has 5 heteroatoms. The van der Waals surface area contributed by atoms with Gasteiger partial charge in [0.1, 0.15) is 5.75 Å². The van der Waals surface area contributed by atoms with E-state index in [-0.39, 0.29) is 17.3 Å². The maximum Gasteiger partial charge on any atom is 0.337 e. The minimum atomic E-state index is -1.09. The topological polar surface area (TPSA) is 72.5 Å².